The molecule has 2 aromatic carbocycles. The molecule has 3 aromatic rings. The van der Waals surface area contributed by atoms with Gasteiger partial charge in [-0.25, -0.2) is 4.98 Å². The fourth-order valence-electron chi connectivity index (χ4n) is 3.95. The fraction of sp³-hybridized carbons (Fsp3) is 0.318. The van der Waals surface area contributed by atoms with E-state index in [1.54, 1.807) is 18.3 Å². The molecule has 1 saturated heterocycles. The lowest BCUT2D eigenvalue weighted by atomic mass is 9.77. The summed E-state index contributed by atoms with van der Waals surface area (Å²) in [6.07, 6.45) is 3.16. The third-order valence-electron chi connectivity index (χ3n) is 6.36. The molecule has 1 aliphatic heterocycles. The molecule has 7 heteroatoms. The summed E-state index contributed by atoms with van der Waals surface area (Å²) < 4.78 is 42.9. The number of rotatable bonds is 2. The first-order valence-electron chi connectivity index (χ1n) is 9.62. The summed E-state index contributed by atoms with van der Waals surface area (Å²) in [6.45, 7) is 7.78. The zero-order valence-corrected chi connectivity index (χ0v) is 16.7. The van der Waals surface area contributed by atoms with Gasteiger partial charge in [0.1, 0.15) is 0 Å². The number of hydrogen-bond donors (Lipinski definition) is 1. The number of nitrogens with one attached hydrogen (secondary N) is 1. The molecule has 0 saturated carbocycles. The zero-order valence-electron chi connectivity index (χ0n) is 16.7. The normalized spacial score (nSPS) is 20.6. The number of aromatic nitrogens is 2. The second-order valence-corrected chi connectivity index (χ2v) is 8.69. The van der Waals surface area contributed by atoms with Gasteiger partial charge >= 0.3 is 7.12 Å². The number of alkyl halides is 2. The van der Waals surface area contributed by atoms with Gasteiger partial charge in [0.2, 0.25) is 0 Å². The molecule has 5 rings (SSSR count). The first-order chi connectivity index (χ1) is 13.6. The summed E-state index contributed by atoms with van der Waals surface area (Å²) in [7, 11) is -0.676. The lowest BCUT2D eigenvalue weighted by Gasteiger charge is -2.32. The van der Waals surface area contributed by atoms with E-state index in [1.807, 2.05) is 39.8 Å². The van der Waals surface area contributed by atoms with E-state index >= 15 is 8.78 Å². The van der Waals surface area contributed by atoms with Crippen molar-refractivity contribution < 1.29 is 18.1 Å². The second kappa shape index (κ2) is 5.77. The molecule has 0 amide bonds. The monoisotopic (exact) mass is 394 g/mol. The van der Waals surface area contributed by atoms with Crippen molar-refractivity contribution in [1.82, 2.24) is 9.97 Å². The smallest absolute Gasteiger partial charge is 0.399 e. The van der Waals surface area contributed by atoms with Crippen LogP contribution in [0, 0.1) is 0 Å². The standard InChI is InChI=1S/C22H21BF2N2O2/c1-20(2)21(3,4)29-23(28-20)14-6-8-16-15-7-5-13(19-11-26-12-27-19)9-17(15)22(24,25)18(16)10-14/h5-12H,1-4H3,(H,26,27). The van der Waals surface area contributed by atoms with Crippen molar-refractivity contribution in [2.24, 2.45) is 0 Å². The van der Waals surface area contributed by atoms with Gasteiger partial charge in [0.15, 0.2) is 0 Å². The quantitative estimate of drug-likeness (QED) is 0.652. The molecule has 2 heterocycles. The van der Waals surface area contributed by atoms with E-state index in [4.69, 9.17) is 9.31 Å². The Balaban J connectivity index is 1.56. The SMILES string of the molecule is CC1(C)OB(c2ccc3c(c2)C(F)(F)c2cc(-c4cnc[nH]4)ccc2-3)OC1(C)C. The largest absolute Gasteiger partial charge is 0.494 e. The van der Waals surface area contributed by atoms with Gasteiger partial charge in [0.05, 0.1) is 29.4 Å². The summed E-state index contributed by atoms with van der Waals surface area (Å²) in [5.74, 6) is -3.10. The second-order valence-electron chi connectivity index (χ2n) is 8.69. The van der Waals surface area contributed by atoms with Gasteiger partial charge in [0.25, 0.3) is 5.92 Å². The van der Waals surface area contributed by atoms with Crippen molar-refractivity contribution in [3.8, 4) is 22.4 Å². The predicted octanol–water partition coefficient (Wildman–Crippen LogP) is 4.50. The summed E-state index contributed by atoms with van der Waals surface area (Å²) in [6, 6.07) is 10.2. The van der Waals surface area contributed by atoms with Crippen molar-refractivity contribution in [2.75, 3.05) is 0 Å². The Bertz CT molecular complexity index is 1090. The van der Waals surface area contributed by atoms with Crippen LogP contribution in [-0.4, -0.2) is 28.3 Å². The van der Waals surface area contributed by atoms with E-state index in [0.29, 0.717) is 27.8 Å². The van der Waals surface area contributed by atoms with Crippen LogP contribution in [0.1, 0.15) is 38.8 Å². The Morgan fingerprint density at radius 3 is 2.14 bits per heavy atom. The Hall–Kier alpha value is -2.51. The zero-order chi connectivity index (χ0) is 20.6. The maximum atomic E-state index is 15.4. The number of fused-ring (bicyclic) bond motifs is 3. The van der Waals surface area contributed by atoms with E-state index in [2.05, 4.69) is 9.97 Å². The lowest BCUT2D eigenvalue weighted by Crippen LogP contribution is -2.41. The molecule has 1 fully saturated rings. The van der Waals surface area contributed by atoms with E-state index in [0.717, 1.165) is 0 Å². The molecule has 0 radical (unpaired) electrons. The highest BCUT2D eigenvalue weighted by Gasteiger charge is 2.52. The number of imidazole rings is 1. The van der Waals surface area contributed by atoms with E-state index in [-0.39, 0.29) is 11.1 Å². The van der Waals surface area contributed by atoms with Gasteiger partial charge in [-0.3, -0.25) is 0 Å². The molecule has 4 nitrogen and oxygen atoms in total. The molecule has 2 aliphatic rings. The lowest BCUT2D eigenvalue weighted by molar-refractivity contribution is 0.00578. The van der Waals surface area contributed by atoms with Crippen LogP contribution in [0.3, 0.4) is 0 Å². The van der Waals surface area contributed by atoms with Gasteiger partial charge < -0.3 is 14.3 Å². The molecule has 1 aromatic heterocycles. The minimum atomic E-state index is -3.10. The van der Waals surface area contributed by atoms with Crippen LogP contribution in [0.2, 0.25) is 0 Å². The fourth-order valence-corrected chi connectivity index (χ4v) is 3.95. The average molecular weight is 394 g/mol. The summed E-state index contributed by atoms with van der Waals surface area (Å²) in [5, 5.41) is 0. The van der Waals surface area contributed by atoms with Crippen molar-refractivity contribution in [3.05, 3.63) is 60.0 Å². The van der Waals surface area contributed by atoms with Crippen molar-refractivity contribution in [3.63, 3.8) is 0 Å². The van der Waals surface area contributed by atoms with Gasteiger partial charge in [-0.2, -0.15) is 8.78 Å². The van der Waals surface area contributed by atoms with Crippen molar-refractivity contribution >= 4 is 12.6 Å². The van der Waals surface area contributed by atoms with E-state index < -0.39 is 24.2 Å². The number of nitrogens with zero attached hydrogens (tertiary/aromatic N) is 1. The summed E-state index contributed by atoms with van der Waals surface area (Å²) in [4.78, 5) is 6.94. The van der Waals surface area contributed by atoms with Crippen molar-refractivity contribution in [1.29, 1.82) is 0 Å². The minimum absolute atomic E-state index is 0.00525. The molecule has 0 unspecified atom stereocenters. The van der Waals surface area contributed by atoms with E-state index in [9.17, 15) is 0 Å². The van der Waals surface area contributed by atoms with Crippen molar-refractivity contribution in [2.45, 2.75) is 44.8 Å². The Labute approximate surface area is 168 Å². The molecule has 0 spiro atoms. The molecule has 148 valence electrons. The highest BCUT2D eigenvalue weighted by atomic mass is 19.3. The highest BCUT2D eigenvalue weighted by molar-refractivity contribution is 6.62. The summed E-state index contributed by atoms with van der Waals surface area (Å²) >= 11 is 0. The number of H-pyrrole nitrogens is 1. The van der Waals surface area contributed by atoms with Crippen LogP contribution < -0.4 is 5.46 Å². The first-order valence-corrected chi connectivity index (χ1v) is 9.62. The third-order valence-corrected chi connectivity index (χ3v) is 6.36. The third kappa shape index (κ3) is 2.61. The molecular weight excluding hydrogens is 373 g/mol. The number of benzene rings is 2. The average Bonchev–Trinajstić information content (AvgIpc) is 3.32. The van der Waals surface area contributed by atoms with E-state index in [1.165, 1.54) is 18.5 Å². The van der Waals surface area contributed by atoms with Crippen LogP contribution in [0.4, 0.5) is 8.78 Å². The molecule has 0 bridgehead atoms. The molecular formula is C22H21BF2N2O2. The van der Waals surface area contributed by atoms with Crippen LogP contribution in [0.25, 0.3) is 22.4 Å². The maximum Gasteiger partial charge on any atom is 0.494 e. The van der Waals surface area contributed by atoms with Gasteiger partial charge in [-0.15, -0.1) is 0 Å². The van der Waals surface area contributed by atoms with Crippen LogP contribution in [0.15, 0.2) is 48.9 Å². The van der Waals surface area contributed by atoms with Gasteiger partial charge in [-0.05, 0) is 50.4 Å². The Morgan fingerprint density at radius 2 is 1.52 bits per heavy atom. The molecule has 1 N–H and O–H groups in total. The first kappa shape index (κ1) is 18.5. The molecule has 1 aliphatic carbocycles. The van der Waals surface area contributed by atoms with Gasteiger partial charge in [0, 0.05) is 16.7 Å². The molecule has 0 atom stereocenters. The molecule has 29 heavy (non-hydrogen) atoms. The minimum Gasteiger partial charge on any atom is -0.399 e. The number of halogens is 2. The summed E-state index contributed by atoms with van der Waals surface area (Å²) in [5.41, 5.74) is 2.02. The van der Waals surface area contributed by atoms with Crippen LogP contribution >= 0.6 is 0 Å². The van der Waals surface area contributed by atoms with Crippen LogP contribution in [0.5, 0.6) is 0 Å². The Kier molecular flexibility index (Phi) is 3.68. The van der Waals surface area contributed by atoms with Gasteiger partial charge in [-0.1, -0.05) is 30.3 Å². The highest BCUT2D eigenvalue weighted by Crippen LogP contribution is 2.51. The maximum absolute atomic E-state index is 15.4. The topological polar surface area (TPSA) is 47.1 Å². The van der Waals surface area contributed by atoms with Crippen LogP contribution in [-0.2, 0) is 15.2 Å². The number of aromatic amines is 1. The number of hydrogen-bond acceptors (Lipinski definition) is 3. The Morgan fingerprint density at radius 1 is 0.897 bits per heavy atom. The predicted molar refractivity (Wildman–Crippen MR) is 108 cm³/mol.